The molecule has 2 heterocycles. The summed E-state index contributed by atoms with van der Waals surface area (Å²) in [6, 6.07) is 7.15. The van der Waals surface area contributed by atoms with E-state index in [1.54, 1.807) is 25.4 Å². The van der Waals surface area contributed by atoms with Crippen molar-refractivity contribution in [1.82, 2.24) is 19.1 Å². The van der Waals surface area contributed by atoms with E-state index < -0.39 is 11.2 Å². The Hall–Kier alpha value is -2.87. The van der Waals surface area contributed by atoms with Gasteiger partial charge in [0.25, 0.3) is 5.56 Å². The predicted octanol–water partition coefficient (Wildman–Crippen LogP) is 1.06. The van der Waals surface area contributed by atoms with Gasteiger partial charge in [-0.05, 0) is 17.7 Å². The maximum absolute atomic E-state index is 11.9. The molecule has 2 aromatic heterocycles. The average Bonchev–Trinajstić information content (AvgIpc) is 2.85. The number of anilines is 1. The molecule has 2 N–H and O–H groups in total. The Morgan fingerprint density at radius 3 is 2.61 bits per heavy atom. The summed E-state index contributed by atoms with van der Waals surface area (Å²) >= 11 is 5.82. The van der Waals surface area contributed by atoms with Crippen molar-refractivity contribution in [2.24, 2.45) is 19.2 Å². The van der Waals surface area contributed by atoms with Crippen molar-refractivity contribution in [3.05, 3.63) is 55.7 Å². The molecule has 0 bridgehead atoms. The molecule has 8 nitrogen and oxygen atoms in total. The minimum Gasteiger partial charge on any atom is -0.306 e. The zero-order chi connectivity index (χ0) is 16.6. The lowest BCUT2D eigenvalue weighted by molar-refractivity contribution is 0.829. The minimum atomic E-state index is -0.517. The molecule has 1 aromatic carbocycles. The molecular weight excluding hydrogens is 320 g/mol. The van der Waals surface area contributed by atoms with Crippen LogP contribution in [0.1, 0.15) is 5.56 Å². The van der Waals surface area contributed by atoms with Crippen LogP contribution in [0.15, 0.2) is 39.0 Å². The van der Waals surface area contributed by atoms with Gasteiger partial charge in [0, 0.05) is 19.1 Å². The van der Waals surface area contributed by atoms with Gasteiger partial charge >= 0.3 is 5.69 Å². The Labute approximate surface area is 135 Å². The first-order chi connectivity index (χ1) is 11.0. The van der Waals surface area contributed by atoms with Crippen molar-refractivity contribution in [2.45, 2.75) is 0 Å². The Bertz CT molecular complexity index is 1010. The number of hydrazone groups is 1. The minimum absolute atomic E-state index is 0.283. The smallest absolute Gasteiger partial charge is 0.306 e. The van der Waals surface area contributed by atoms with Crippen molar-refractivity contribution in [3.63, 3.8) is 0 Å². The summed E-state index contributed by atoms with van der Waals surface area (Å²) in [7, 11) is 3.20. The van der Waals surface area contributed by atoms with Crippen LogP contribution in [0.5, 0.6) is 0 Å². The van der Waals surface area contributed by atoms with Gasteiger partial charge in [0.2, 0.25) is 5.95 Å². The summed E-state index contributed by atoms with van der Waals surface area (Å²) in [6.45, 7) is 0. The fourth-order valence-corrected chi connectivity index (χ4v) is 2.25. The molecule has 0 saturated heterocycles. The highest BCUT2D eigenvalue weighted by Crippen LogP contribution is 2.13. The molecule has 0 aliphatic rings. The van der Waals surface area contributed by atoms with Crippen LogP contribution in [0.2, 0.25) is 5.02 Å². The highest BCUT2D eigenvalue weighted by molar-refractivity contribution is 6.30. The summed E-state index contributed by atoms with van der Waals surface area (Å²) in [5, 5.41) is 4.72. The normalized spacial score (nSPS) is 11.4. The quantitative estimate of drug-likeness (QED) is 0.553. The number of nitrogens with one attached hydrogen (secondary N) is 2. The number of halogens is 1. The SMILES string of the molecule is Cn1c(N/N=C/c2ccc(Cl)cc2)nc2c1c(=O)[nH]c(=O)n2C. The van der Waals surface area contributed by atoms with Crippen molar-refractivity contribution in [1.29, 1.82) is 0 Å². The molecule has 0 aliphatic carbocycles. The molecule has 0 fully saturated rings. The van der Waals surface area contributed by atoms with E-state index in [1.165, 1.54) is 16.2 Å². The Balaban J connectivity index is 1.95. The number of aromatic amines is 1. The molecule has 9 heteroatoms. The average molecular weight is 333 g/mol. The molecule has 0 spiro atoms. The molecule has 3 rings (SSSR count). The molecule has 23 heavy (non-hydrogen) atoms. The van der Waals surface area contributed by atoms with E-state index in [4.69, 9.17) is 11.6 Å². The number of imidazole rings is 1. The van der Waals surface area contributed by atoms with E-state index >= 15 is 0 Å². The number of fused-ring (bicyclic) bond motifs is 1. The van der Waals surface area contributed by atoms with Crippen LogP contribution in [0.25, 0.3) is 11.2 Å². The van der Waals surface area contributed by atoms with Gasteiger partial charge in [-0.25, -0.2) is 10.2 Å². The largest absolute Gasteiger partial charge is 0.329 e. The van der Waals surface area contributed by atoms with E-state index in [2.05, 4.69) is 20.5 Å². The Kier molecular flexibility index (Phi) is 3.75. The van der Waals surface area contributed by atoms with Crippen LogP contribution >= 0.6 is 11.6 Å². The van der Waals surface area contributed by atoms with Gasteiger partial charge in [-0.15, -0.1) is 0 Å². The second-order valence-corrected chi connectivity index (χ2v) is 5.34. The number of hydrogen-bond acceptors (Lipinski definition) is 5. The maximum atomic E-state index is 11.9. The van der Waals surface area contributed by atoms with Gasteiger partial charge in [0.1, 0.15) is 0 Å². The van der Waals surface area contributed by atoms with Gasteiger partial charge < -0.3 is 4.57 Å². The van der Waals surface area contributed by atoms with Crippen molar-refractivity contribution in [3.8, 4) is 0 Å². The predicted molar refractivity (Wildman–Crippen MR) is 89.2 cm³/mol. The van der Waals surface area contributed by atoms with Crippen LogP contribution < -0.4 is 16.7 Å². The zero-order valence-corrected chi connectivity index (χ0v) is 13.1. The Morgan fingerprint density at radius 1 is 1.22 bits per heavy atom. The highest BCUT2D eigenvalue weighted by atomic mass is 35.5. The first-order valence-corrected chi connectivity index (χ1v) is 7.05. The van der Waals surface area contributed by atoms with Crippen LogP contribution in [0, 0.1) is 0 Å². The second kappa shape index (κ2) is 5.73. The van der Waals surface area contributed by atoms with Crippen molar-refractivity contribution >= 4 is 34.9 Å². The fourth-order valence-electron chi connectivity index (χ4n) is 2.12. The van der Waals surface area contributed by atoms with Crippen LogP contribution in [-0.4, -0.2) is 25.3 Å². The highest BCUT2D eigenvalue weighted by Gasteiger charge is 2.14. The number of rotatable bonds is 3. The topological polar surface area (TPSA) is 97.1 Å². The monoisotopic (exact) mass is 332 g/mol. The molecule has 0 aliphatic heterocycles. The lowest BCUT2D eigenvalue weighted by Gasteiger charge is -2.00. The zero-order valence-electron chi connectivity index (χ0n) is 12.4. The third kappa shape index (κ3) is 2.76. The molecule has 118 valence electrons. The number of H-pyrrole nitrogens is 1. The summed E-state index contributed by atoms with van der Waals surface area (Å²) in [6.07, 6.45) is 1.60. The van der Waals surface area contributed by atoms with E-state index in [1.807, 2.05) is 12.1 Å². The number of aryl methyl sites for hydroxylation is 2. The Morgan fingerprint density at radius 2 is 1.91 bits per heavy atom. The van der Waals surface area contributed by atoms with Gasteiger partial charge in [-0.2, -0.15) is 10.1 Å². The molecule has 0 atom stereocenters. The standard InChI is InChI=1S/C14H13ClN6O2/c1-20-10-11(21(2)14(23)18-12(10)22)17-13(20)19-16-7-8-3-5-9(15)6-4-8/h3-7H,1-2H3,(H,17,19)(H,18,22,23)/b16-7+. The summed E-state index contributed by atoms with van der Waals surface area (Å²) in [5.41, 5.74) is 3.17. The van der Waals surface area contributed by atoms with Gasteiger partial charge in [-0.1, -0.05) is 23.7 Å². The van der Waals surface area contributed by atoms with Crippen LogP contribution in [-0.2, 0) is 14.1 Å². The maximum Gasteiger partial charge on any atom is 0.329 e. The molecule has 0 amide bonds. The van der Waals surface area contributed by atoms with Gasteiger partial charge in [-0.3, -0.25) is 14.3 Å². The number of benzene rings is 1. The van der Waals surface area contributed by atoms with Crippen LogP contribution in [0.3, 0.4) is 0 Å². The third-order valence-corrected chi connectivity index (χ3v) is 3.63. The van der Waals surface area contributed by atoms with Gasteiger partial charge in [0.05, 0.1) is 6.21 Å². The van der Waals surface area contributed by atoms with Gasteiger partial charge in [0.15, 0.2) is 11.2 Å². The van der Waals surface area contributed by atoms with Crippen molar-refractivity contribution < 1.29 is 0 Å². The third-order valence-electron chi connectivity index (χ3n) is 3.38. The number of aromatic nitrogens is 4. The number of nitrogens with zero attached hydrogens (tertiary/aromatic N) is 4. The van der Waals surface area contributed by atoms with E-state index in [-0.39, 0.29) is 11.2 Å². The van der Waals surface area contributed by atoms with E-state index in [0.29, 0.717) is 11.0 Å². The molecular formula is C14H13ClN6O2. The molecule has 3 aromatic rings. The van der Waals surface area contributed by atoms with E-state index in [0.717, 1.165) is 5.56 Å². The summed E-state index contributed by atoms with van der Waals surface area (Å²) < 4.78 is 2.80. The summed E-state index contributed by atoms with van der Waals surface area (Å²) in [5.74, 6) is 0.344. The molecule has 0 unspecified atom stereocenters. The first-order valence-electron chi connectivity index (χ1n) is 6.68. The fraction of sp³-hybridized carbons (Fsp3) is 0.143. The van der Waals surface area contributed by atoms with Crippen LogP contribution in [0.4, 0.5) is 5.95 Å². The van der Waals surface area contributed by atoms with E-state index in [9.17, 15) is 9.59 Å². The number of hydrogen-bond donors (Lipinski definition) is 2. The molecule has 0 saturated carbocycles. The van der Waals surface area contributed by atoms with Crippen molar-refractivity contribution in [2.75, 3.05) is 5.43 Å². The lowest BCUT2D eigenvalue weighted by Crippen LogP contribution is -2.29. The second-order valence-electron chi connectivity index (χ2n) is 4.91. The lowest BCUT2D eigenvalue weighted by atomic mass is 10.2. The summed E-state index contributed by atoms with van der Waals surface area (Å²) in [4.78, 5) is 30.0. The first kappa shape index (κ1) is 15.0. The molecule has 0 radical (unpaired) electrons.